The van der Waals surface area contributed by atoms with Crippen LogP contribution in [-0.4, -0.2) is 17.0 Å². The molecule has 0 aliphatic carbocycles. The monoisotopic (exact) mass is 544 g/mol. The fraction of sp³-hybridized carbons (Fsp3) is 0.0417. The molecule has 4 rings (SSSR count). The summed E-state index contributed by atoms with van der Waals surface area (Å²) in [5.41, 5.74) is 1.83. The molecule has 1 saturated heterocycles. The van der Waals surface area contributed by atoms with Gasteiger partial charge >= 0.3 is 0 Å². The third-order valence-electron chi connectivity index (χ3n) is 4.51. The number of carbonyl (C=O) groups is 2. The molecule has 1 aliphatic heterocycles. The number of amidine groups is 1. The second kappa shape index (κ2) is 10.3. The zero-order chi connectivity index (χ0) is 23.4. The second-order valence-electron chi connectivity index (χ2n) is 6.89. The molecule has 0 radical (unpaired) electrons. The lowest BCUT2D eigenvalue weighted by molar-refractivity contribution is -0.115. The quantitative estimate of drug-likeness (QED) is 0.387. The molecule has 0 spiro atoms. The lowest BCUT2D eigenvalue weighted by Crippen LogP contribution is -2.20. The van der Waals surface area contributed by atoms with Crippen LogP contribution in [0.5, 0.6) is 5.75 Å². The van der Waals surface area contributed by atoms with Crippen molar-refractivity contribution in [1.82, 2.24) is 5.32 Å². The van der Waals surface area contributed by atoms with Crippen LogP contribution in [0.3, 0.4) is 0 Å². The van der Waals surface area contributed by atoms with Crippen molar-refractivity contribution in [3.63, 3.8) is 0 Å². The summed E-state index contributed by atoms with van der Waals surface area (Å²) in [5.74, 6) is -0.622. The molecule has 2 amide bonds. The largest absolute Gasteiger partial charge is 0.488 e. The Labute approximate surface area is 206 Å². The lowest BCUT2D eigenvalue weighted by atomic mass is 10.2. The molecule has 3 aromatic carbocycles. The molecule has 0 aromatic heterocycles. The van der Waals surface area contributed by atoms with Crippen LogP contribution in [0.1, 0.15) is 21.5 Å². The number of hydrogen-bond donors (Lipinski definition) is 1. The van der Waals surface area contributed by atoms with Crippen LogP contribution >= 0.6 is 39.3 Å². The maximum Gasteiger partial charge on any atom is 0.279 e. The summed E-state index contributed by atoms with van der Waals surface area (Å²) >= 11 is 10.3. The molecule has 9 heteroatoms. The molecule has 0 bridgehead atoms. The molecule has 1 fully saturated rings. The molecule has 1 N–H and O–H groups in total. The van der Waals surface area contributed by atoms with Crippen LogP contribution in [0.2, 0.25) is 5.02 Å². The van der Waals surface area contributed by atoms with E-state index in [1.165, 1.54) is 12.1 Å². The predicted octanol–water partition coefficient (Wildman–Crippen LogP) is 6.22. The van der Waals surface area contributed by atoms with Crippen molar-refractivity contribution in [1.29, 1.82) is 0 Å². The van der Waals surface area contributed by atoms with Crippen molar-refractivity contribution >= 4 is 62.4 Å². The molecule has 33 heavy (non-hydrogen) atoms. The number of benzene rings is 3. The first kappa shape index (κ1) is 23.2. The van der Waals surface area contributed by atoms with Gasteiger partial charge in [0.2, 0.25) is 0 Å². The smallest absolute Gasteiger partial charge is 0.279 e. The highest BCUT2D eigenvalue weighted by atomic mass is 79.9. The van der Waals surface area contributed by atoms with E-state index in [2.05, 4.69) is 26.2 Å². The highest BCUT2D eigenvalue weighted by molar-refractivity contribution is 9.10. The Hall–Kier alpha value is -2.94. The van der Waals surface area contributed by atoms with Crippen molar-refractivity contribution in [3.8, 4) is 5.75 Å². The number of nitrogens with one attached hydrogen (secondary N) is 1. The molecule has 0 saturated carbocycles. The first-order valence-electron chi connectivity index (χ1n) is 9.64. The number of ether oxygens (including phenoxy) is 1. The highest BCUT2D eigenvalue weighted by Crippen LogP contribution is 2.31. The van der Waals surface area contributed by atoms with Crippen LogP contribution in [0.4, 0.5) is 4.39 Å². The topological polar surface area (TPSA) is 67.8 Å². The van der Waals surface area contributed by atoms with E-state index in [1.54, 1.807) is 48.5 Å². The van der Waals surface area contributed by atoms with E-state index >= 15 is 0 Å². The van der Waals surface area contributed by atoms with Crippen molar-refractivity contribution < 1.29 is 18.7 Å². The maximum absolute atomic E-state index is 13.1. The number of aliphatic imine (C=N–C) groups is 1. The molecular weight excluding hydrogens is 531 g/mol. The standard InChI is InChI=1S/C24H15BrClFN2O3S/c25-17-5-10-20(32-13-14-1-8-19(27)9-2-14)16(11-17)12-21-23(31)29-24(33-21)28-22(30)15-3-6-18(26)7-4-15/h1-12H,13H2,(H,28,29,30,31)/b21-12-. The average molecular weight is 546 g/mol. The summed E-state index contributed by atoms with van der Waals surface area (Å²) in [4.78, 5) is 29.2. The van der Waals surface area contributed by atoms with Gasteiger partial charge < -0.3 is 10.1 Å². The van der Waals surface area contributed by atoms with Crippen LogP contribution < -0.4 is 10.1 Å². The SMILES string of the molecule is O=C1NC(=NC(=O)c2ccc(Cl)cc2)S/C1=C\c1cc(Br)ccc1OCc1ccc(F)cc1. The van der Waals surface area contributed by atoms with E-state index in [1.807, 2.05) is 12.1 Å². The van der Waals surface area contributed by atoms with Gasteiger partial charge in [0.25, 0.3) is 11.8 Å². The lowest BCUT2D eigenvalue weighted by Gasteiger charge is -2.10. The molecule has 0 atom stereocenters. The van der Waals surface area contributed by atoms with Crippen molar-refractivity contribution in [2.75, 3.05) is 0 Å². The van der Waals surface area contributed by atoms with Gasteiger partial charge in [0.15, 0.2) is 5.17 Å². The number of amides is 2. The van der Waals surface area contributed by atoms with E-state index in [0.29, 0.717) is 26.8 Å². The van der Waals surface area contributed by atoms with Crippen molar-refractivity contribution in [3.05, 3.63) is 104 Å². The van der Waals surface area contributed by atoms with Gasteiger partial charge in [-0.15, -0.1) is 0 Å². The number of thioether (sulfide) groups is 1. The number of halogens is 3. The molecular formula is C24H15BrClFN2O3S. The fourth-order valence-corrected chi connectivity index (χ4v) is 4.19. The molecule has 166 valence electrons. The minimum absolute atomic E-state index is 0.190. The van der Waals surface area contributed by atoms with Gasteiger partial charge in [0.1, 0.15) is 18.2 Å². The van der Waals surface area contributed by atoms with Gasteiger partial charge in [-0.1, -0.05) is 39.7 Å². The van der Waals surface area contributed by atoms with Crippen LogP contribution in [-0.2, 0) is 11.4 Å². The molecule has 5 nitrogen and oxygen atoms in total. The molecule has 1 aliphatic rings. The van der Waals surface area contributed by atoms with E-state index < -0.39 is 5.91 Å². The summed E-state index contributed by atoms with van der Waals surface area (Å²) in [6.45, 7) is 0.236. The Morgan fingerprint density at radius 1 is 1.12 bits per heavy atom. The summed E-state index contributed by atoms with van der Waals surface area (Å²) in [5, 5.41) is 3.31. The average Bonchev–Trinajstić information content (AvgIpc) is 3.13. The van der Waals surface area contributed by atoms with Crippen LogP contribution in [0.25, 0.3) is 6.08 Å². The Bertz CT molecular complexity index is 1280. The number of hydrogen-bond acceptors (Lipinski definition) is 4. The van der Waals surface area contributed by atoms with Gasteiger partial charge in [-0.05, 0) is 78.0 Å². The minimum Gasteiger partial charge on any atom is -0.488 e. The first-order chi connectivity index (χ1) is 15.9. The Morgan fingerprint density at radius 3 is 2.58 bits per heavy atom. The molecule has 3 aromatic rings. The summed E-state index contributed by atoms with van der Waals surface area (Å²) in [6.07, 6.45) is 1.67. The highest BCUT2D eigenvalue weighted by Gasteiger charge is 2.25. The Balaban J connectivity index is 1.52. The number of nitrogens with zero attached hydrogens (tertiary/aromatic N) is 1. The molecule has 1 heterocycles. The second-order valence-corrected chi connectivity index (χ2v) is 9.27. The fourth-order valence-electron chi connectivity index (χ4n) is 2.88. The summed E-state index contributed by atoms with van der Waals surface area (Å²) in [7, 11) is 0. The summed E-state index contributed by atoms with van der Waals surface area (Å²) < 4.78 is 19.8. The van der Waals surface area contributed by atoms with Gasteiger partial charge in [-0.25, -0.2) is 4.39 Å². The number of rotatable bonds is 5. The van der Waals surface area contributed by atoms with Gasteiger partial charge in [0, 0.05) is 20.6 Å². The van der Waals surface area contributed by atoms with Crippen molar-refractivity contribution in [2.24, 2.45) is 4.99 Å². The Morgan fingerprint density at radius 2 is 1.85 bits per heavy atom. The van der Waals surface area contributed by atoms with Gasteiger partial charge in [0.05, 0.1) is 4.91 Å². The zero-order valence-corrected chi connectivity index (χ0v) is 20.0. The van der Waals surface area contributed by atoms with Crippen LogP contribution in [0.15, 0.2) is 81.1 Å². The third-order valence-corrected chi connectivity index (χ3v) is 6.17. The van der Waals surface area contributed by atoms with E-state index in [9.17, 15) is 14.0 Å². The van der Waals surface area contributed by atoms with Crippen molar-refractivity contribution in [2.45, 2.75) is 6.61 Å². The van der Waals surface area contributed by atoms with Gasteiger partial charge in [-0.2, -0.15) is 4.99 Å². The zero-order valence-electron chi connectivity index (χ0n) is 16.8. The van der Waals surface area contributed by atoms with E-state index in [4.69, 9.17) is 16.3 Å². The van der Waals surface area contributed by atoms with E-state index in [-0.39, 0.29) is 23.5 Å². The minimum atomic E-state index is -0.485. The van der Waals surface area contributed by atoms with E-state index in [0.717, 1.165) is 21.8 Å². The number of carbonyl (C=O) groups excluding carboxylic acids is 2. The first-order valence-corrected chi connectivity index (χ1v) is 11.6. The van der Waals surface area contributed by atoms with Gasteiger partial charge in [-0.3, -0.25) is 9.59 Å². The predicted molar refractivity (Wildman–Crippen MR) is 132 cm³/mol. The van der Waals surface area contributed by atoms with Crippen LogP contribution in [0, 0.1) is 5.82 Å². The normalized spacial score (nSPS) is 15.7. The molecule has 0 unspecified atom stereocenters. The third kappa shape index (κ3) is 6.10. The summed E-state index contributed by atoms with van der Waals surface area (Å²) in [6, 6.07) is 17.8. The maximum atomic E-state index is 13.1. The Kier molecular flexibility index (Phi) is 7.27.